The fraction of sp³-hybridized carbons (Fsp3) is 0.421. The van der Waals surface area contributed by atoms with Crippen molar-refractivity contribution in [3.63, 3.8) is 0 Å². The van der Waals surface area contributed by atoms with E-state index in [1.165, 1.54) is 31.2 Å². The van der Waals surface area contributed by atoms with E-state index in [1.807, 2.05) is 0 Å². The zero-order chi connectivity index (χ0) is 22.9. The molecule has 0 heterocycles. The molecule has 0 aliphatic rings. The molecule has 0 radical (unpaired) electrons. The minimum atomic E-state index is -4.76. The van der Waals surface area contributed by atoms with Crippen LogP contribution in [0.15, 0.2) is 23.2 Å². The number of rotatable bonds is 9. The summed E-state index contributed by atoms with van der Waals surface area (Å²) in [7, 11) is 0. The molecular weight excluding hydrogens is 450 g/mol. The van der Waals surface area contributed by atoms with Crippen molar-refractivity contribution in [3.05, 3.63) is 33.8 Å². The van der Waals surface area contributed by atoms with Gasteiger partial charge >= 0.3 is 18.1 Å². The largest absolute Gasteiger partial charge is 0.466 e. The van der Waals surface area contributed by atoms with Crippen LogP contribution in [-0.4, -0.2) is 37.2 Å². The van der Waals surface area contributed by atoms with Crippen molar-refractivity contribution in [2.45, 2.75) is 32.9 Å². The monoisotopic (exact) mass is 469 g/mol. The van der Waals surface area contributed by atoms with Crippen LogP contribution in [0.5, 0.6) is 0 Å². The van der Waals surface area contributed by atoms with E-state index >= 15 is 0 Å². The van der Waals surface area contributed by atoms with Crippen molar-refractivity contribution in [3.8, 4) is 0 Å². The molecule has 0 bridgehead atoms. The molecule has 6 nitrogen and oxygen atoms in total. The van der Waals surface area contributed by atoms with Crippen molar-refractivity contribution in [1.29, 1.82) is 0 Å². The summed E-state index contributed by atoms with van der Waals surface area (Å²) in [6.07, 6.45) is -5.49. The predicted molar refractivity (Wildman–Crippen MR) is 106 cm³/mol. The van der Waals surface area contributed by atoms with E-state index in [-0.39, 0.29) is 34.5 Å². The van der Waals surface area contributed by atoms with Gasteiger partial charge < -0.3 is 14.8 Å². The summed E-state index contributed by atoms with van der Waals surface area (Å²) < 4.78 is 48.7. The summed E-state index contributed by atoms with van der Waals surface area (Å²) in [6.45, 7) is 3.11. The number of carbonyl (C=O) groups excluding carboxylic acids is 3. The van der Waals surface area contributed by atoms with Gasteiger partial charge in [0, 0.05) is 17.1 Å². The van der Waals surface area contributed by atoms with Gasteiger partial charge in [0.05, 0.1) is 25.6 Å². The Labute approximate surface area is 181 Å². The van der Waals surface area contributed by atoms with E-state index in [4.69, 9.17) is 27.9 Å². The topological polar surface area (TPSA) is 81.7 Å². The number of anilines is 1. The summed E-state index contributed by atoms with van der Waals surface area (Å²) in [4.78, 5) is 35.1. The first kappa shape index (κ1) is 25.8. The average molecular weight is 470 g/mol. The summed E-state index contributed by atoms with van der Waals surface area (Å²) in [6, 6.07) is 4.07. The molecule has 1 aromatic rings. The molecule has 0 fully saturated rings. The lowest BCUT2D eigenvalue weighted by molar-refractivity contribution is -0.186. The van der Waals surface area contributed by atoms with E-state index in [0.717, 1.165) is 0 Å². The van der Waals surface area contributed by atoms with Gasteiger partial charge in [0.1, 0.15) is 5.03 Å². The van der Waals surface area contributed by atoms with E-state index < -0.39 is 42.8 Å². The van der Waals surface area contributed by atoms with Gasteiger partial charge in [-0.25, -0.2) is 4.79 Å². The number of ether oxygens (including phenoxy) is 2. The summed E-state index contributed by atoms with van der Waals surface area (Å²) in [5.41, 5.74) is 0.368. The maximum atomic E-state index is 13.1. The Morgan fingerprint density at radius 3 is 2.33 bits per heavy atom. The van der Waals surface area contributed by atoms with Gasteiger partial charge in [-0.1, -0.05) is 23.2 Å². The van der Waals surface area contributed by atoms with Crippen LogP contribution in [-0.2, 0) is 23.9 Å². The van der Waals surface area contributed by atoms with Gasteiger partial charge in [-0.05, 0) is 43.7 Å². The molecule has 0 aliphatic heterocycles. The van der Waals surface area contributed by atoms with Crippen LogP contribution in [0.2, 0.25) is 5.02 Å². The molecule has 0 saturated heterocycles. The number of benzene rings is 1. The summed E-state index contributed by atoms with van der Waals surface area (Å²) in [5.74, 6) is -4.98. The van der Waals surface area contributed by atoms with E-state index in [9.17, 15) is 27.6 Å². The van der Waals surface area contributed by atoms with E-state index in [1.54, 1.807) is 6.92 Å². The Morgan fingerprint density at radius 1 is 1.13 bits per heavy atom. The molecule has 11 heteroatoms. The fourth-order valence-corrected chi connectivity index (χ4v) is 2.63. The molecule has 1 unspecified atom stereocenters. The Hall–Kier alpha value is -2.26. The van der Waals surface area contributed by atoms with Crippen molar-refractivity contribution < 1.29 is 37.0 Å². The van der Waals surface area contributed by atoms with E-state index in [0.29, 0.717) is 0 Å². The van der Waals surface area contributed by atoms with Crippen LogP contribution in [0.25, 0.3) is 6.08 Å². The molecule has 0 aliphatic carbocycles. The van der Waals surface area contributed by atoms with Gasteiger partial charge in [-0.15, -0.1) is 0 Å². The van der Waals surface area contributed by atoms with E-state index in [2.05, 4.69) is 10.1 Å². The number of hydrogen-bond donors (Lipinski definition) is 1. The third-order valence-corrected chi connectivity index (χ3v) is 4.25. The van der Waals surface area contributed by atoms with Crippen molar-refractivity contribution in [2.24, 2.45) is 5.92 Å². The summed E-state index contributed by atoms with van der Waals surface area (Å²) in [5, 5.41) is 2.22. The third kappa shape index (κ3) is 8.62. The number of esters is 2. The molecule has 1 atom stereocenters. The Bertz CT molecular complexity index is 812. The number of amides is 1. The molecule has 1 rings (SSSR count). The number of alkyl halides is 3. The van der Waals surface area contributed by atoms with Crippen LogP contribution >= 0.6 is 23.2 Å². The minimum Gasteiger partial charge on any atom is -0.466 e. The van der Waals surface area contributed by atoms with Crippen LogP contribution in [0.4, 0.5) is 18.9 Å². The van der Waals surface area contributed by atoms with Gasteiger partial charge in [0.2, 0.25) is 5.91 Å². The Morgan fingerprint density at radius 2 is 1.77 bits per heavy atom. The first-order valence-electron chi connectivity index (χ1n) is 8.83. The van der Waals surface area contributed by atoms with Crippen LogP contribution in [0, 0.1) is 5.92 Å². The highest BCUT2D eigenvalue weighted by Crippen LogP contribution is 2.32. The predicted octanol–water partition coefficient (Wildman–Crippen LogP) is 4.94. The molecule has 1 N–H and O–H groups in total. The molecule has 166 valence electrons. The maximum Gasteiger partial charge on any atom is 0.392 e. The molecule has 1 amide bonds. The second-order valence-corrected chi connectivity index (χ2v) is 6.76. The Kier molecular flexibility index (Phi) is 10.1. The lowest BCUT2D eigenvalue weighted by Crippen LogP contribution is -2.30. The van der Waals surface area contributed by atoms with Gasteiger partial charge in [0.25, 0.3) is 0 Å². The zero-order valence-corrected chi connectivity index (χ0v) is 17.7. The second-order valence-electron chi connectivity index (χ2n) is 5.95. The minimum absolute atomic E-state index is 0.0644. The number of halogens is 5. The first-order valence-corrected chi connectivity index (χ1v) is 9.59. The highest BCUT2D eigenvalue weighted by Gasteiger charge is 2.42. The lowest BCUT2D eigenvalue weighted by atomic mass is 10.00. The number of hydrogen-bond acceptors (Lipinski definition) is 5. The van der Waals surface area contributed by atoms with Crippen molar-refractivity contribution in [2.75, 3.05) is 18.5 Å². The molecule has 0 aromatic heterocycles. The molecular formula is C19H20Cl2F3NO5. The quantitative estimate of drug-likeness (QED) is 0.409. The average Bonchev–Trinajstić information content (AvgIpc) is 2.63. The highest BCUT2D eigenvalue weighted by molar-refractivity contribution is 6.43. The van der Waals surface area contributed by atoms with Crippen molar-refractivity contribution in [1.82, 2.24) is 0 Å². The van der Waals surface area contributed by atoms with Crippen LogP contribution < -0.4 is 5.32 Å². The van der Waals surface area contributed by atoms with Crippen LogP contribution in [0.3, 0.4) is 0 Å². The number of carbonyl (C=O) groups is 3. The smallest absolute Gasteiger partial charge is 0.392 e. The zero-order valence-electron chi connectivity index (χ0n) is 16.1. The van der Waals surface area contributed by atoms with Crippen LogP contribution in [0.1, 0.15) is 32.3 Å². The van der Waals surface area contributed by atoms with Gasteiger partial charge in [-0.3, -0.25) is 9.59 Å². The highest BCUT2D eigenvalue weighted by atomic mass is 35.5. The third-order valence-electron chi connectivity index (χ3n) is 3.65. The van der Waals surface area contributed by atoms with Gasteiger partial charge in [-0.2, -0.15) is 13.2 Å². The molecule has 30 heavy (non-hydrogen) atoms. The molecule has 0 saturated carbocycles. The maximum absolute atomic E-state index is 13.1. The lowest BCUT2D eigenvalue weighted by Gasteiger charge is -2.19. The van der Waals surface area contributed by atoms with Crippen molar-refractivity contribution >= 4 is 52.8 Å². The first-order chi connectivity index (χ1) is 14.0. The molecule has 0 spiro atoms. The standard InChI is InChI=1S/C19H20Cl2F3NO5/c1-3-29-17(27)10-12(19(22,23)24)9-16(26)25-13-5-6-14(20)11(7-13)8-15(21)18(28)30-4-2/h5-8,12H,3-4,9-10H2,1-2H3,(H,25,26). The normalized spacial score (nSPS) is 12.8. The summed E-state index contributed by atoms with van der Waals surface area (Å²) >= 11 is 11.9. The fourth-order valence-electron chi connectivity index (χ4n) is 2.29. The van der Waals surface area contributed by atoms with Gasteiger partial charge in [0.15, 0.2) is 0 Å². The Balaban J connectivity index is 2.93. The number of nitrogens with one attached hydrogen (secondary N) is 1. The SMILES string of the molecule is CCOC(=O)CC(CC(=O)Nc1ccc(Cl)c(C=C(Cl)C(=O)OCC)c1)C(F)(F)F. The molecule has 1 aromatic carbocycles. The second kappa shape index (κ2) is 11.8.